The van der Waals surface area contributed by atoms with E-state index in [1.54, 1.807) is 0 Å². The van der Waals surface area contributed by atoms with Gasteiger partial charge in [0.05, 0.1) is 0 Å². The average molecular weight is 294 g/mol. The second kappa shape index (κ2) is 6.88. The van der Waals surface area contributed by atoms with E-state index < -0.39 is 29.3 Å². The fraction of sp³-hybridized carbons (Fsp3) is 0.615. The van der Waals surface area contributed by atoms with Crippen molar-refractivity contribution in [2.75, 3.05) is 13.2 Å². The molecule has 1 heterocycles. The summed E-state index contributed by atoms with van der Waals surface area (Å²) in [4.78, 5) is 4.48. The third-order valence-electron chi connectivity index (χ3n) is 2.88. The first-order chi connectivity index (χ1) is 9.25. The molecule has 0 amide bonds. The van der Waals surface area contributed by atoms with Gasteiger partial charge in [0.2, 0.25) is 11.6 Å². The van der Waals surface area contributed by atoms with Crippen LogP contribution in [0.5, 0.6) is 5.75 Å². The molecule has 0 aliphatic rings. The van der Waals surface area contributed by atoms with Crippen LogP contribution in [-0.2, 0) is 0 Å². The highest BCUT2D eigenvalue weighted by Crippen LogP contribution is 2.24. The Labute approximate surface area is 115 Å². The number of hydrogen-bond donors (Lipinski definition) is 0. The van der Waals surface area contributed by atoms with Crippen molar-refractivity contribution >= 4 is 0 Å². The molecule has 0 N–H and O–H groups in total. The zero-order valence-corrected chi connectivity index (χ0v) is 11.9. The van der Waals surface area contributed by atoms with Crippen molar-refractivity contribution < 1.29 is 22.3 Å². The number of rotatable bonds is 6. The predicted molar refractivity (Wildman–Crippen MR) is 66.5 cm³/mol. The minimum atomic E-state index is -1.72. The van der Waals surface area contributed by atoms with Gasteiger partial charge in [-0.25, -0.2) is 0 Å². The van der Waals surface area contributed by atoms with Crippen LogP contribution in [0.1, 0.15) is 27.7 Å². The van der Waals surface area contributed by atoms with Crippen LogP contribution in [0, 0.1) is 23.5 Å². The van der Waals surface area contributed by atoms with Crippen molar-refractivity contribution in [2.45, 2.75) is 39.8 Å². The second-order valence-corrected chi connectivity index (χ2v) is 4.92. The van der Waals surface area contributed by atoms with Gasteiger partial charge < -0.3 is 4.74 Å². The third kappa shape index (κ3) is 3.82. The Morgan fingerprint density at radius 2 is 1.40 bits per heavy atom. The maximum Gasteiger partial charge on any atom is 0.255 e. The summed E-state index contributed by atoms with van der Waals surface area (Å²) in [6.45, 7) is 8.15. The molecule has 0 aliphatic carbocycles. The summed E-state index contributed by atoms with van der Waals surface area (Å²) >= 11 is 0. The maximum atomic E-state index is 13.3. The number of aromatic nitrogens is 1. The van der Waals surface area contributed by atoms with E-state index in [0.29, 0.717) is 6.54 Å². The normalized spacial score (nSPS) is 11.8. The quantitative estimate of drug-likeness (QED) is 0.595. The standard InChI is InChI=1S/C13H18F4N2O/c1-7(2)19(8(3)4)5-6-20-11-9(14)12(16)18-13(17)10(11)15/h7-8H,5-6H2,1-4H3. The van der Waals surface area contributed by atoms with Gasteiger partial charge in [-0.15, -0.1) is 0 Å². The van der Waals surface area contributed by atoms with Gasteiger partial charge in [-0.1, -0.05) is 0 Å². The topological polar surface area (TPSA) is 25.4 Å². The van der Waals surface area contributed by atoms with Gasteiger partial charge >= 0.3 is 0 Å². The fourth-order valence-electron chi connectivity index (χ4n) is 1.96. The van der Waals surface area contributed by atoms with Gasteiger partial charge in [0.15, 0.2) is 5.75 Å². The summed E-state index contributed by atoms with van der Waals surface area (Å²) in [5.74, 6) is -7.75. The van der Waals surface area contributed by atoms with Gasteiger partial charge in [-0.2, -0.15) is 22.5 Å². The van der Waals surface area contributed by atoms with E-state index in [1.807, 2.05) is 32.6 Å². The van der Waals surface area contributed by atoms with E-state index in [9.17, 15) is 17.6 Å². The van der Waals surface area contributed by atoms with E-state index in [4.69, 9.17) is 4.74 Å². The summed E-state index contributed by atoms with van der Waals surface area (Å²) in [5.41, 5.74) is 0. The molecule has 0 atom stereocenters. The molecule has 0 aromatic carbocycles. The molecule has 7 heteroatoms. The number of hydrogen-bond acceptors (Lipinski definition) is 3. The van der Waals surface area contributed by atoms with Gasteiger partial charge in [0, 0.05) is 18.6 Å². The summed E-state index contributed by atoms with van der Waals surface area (Å²) in [6, 6.07) is 0.415. The van der Waals surface area contributed by atoms with Crippen molar-refractivity contribution in [1.82, 2.24) is 9.88 Å². The van der Waals surface area contributed by atoms with Crippen LogP contribution < -0.4 is 4.74 Å². The van der Waals surface area contributed by atoms with Crippen LogP contribution in [0.3, 0.4) is 0 Å². The van der Waals surface area contributed by atoms with Gasteiger partial charge in [-0.3, -0.25) is 4.90 Å². The summed E-state index contributed by atoms with van der Waals surface area (Å²) in [6.07, 6.45) is 0. The first kappa shape index (κ1) is 16.7. The molecule has 0 saturated heterocycles. The predicted octanol–water partition coefficient (Wildman–Crippen LogP) is 3.14. The molecular formula is C13H18F4N2O. The van der Waals surface area contributed by atoms with Crippen LogP contribution >= 0.6 is 0 Å². The molecule has 114 valence electrons. The van der Waals surface area contributed by atoms with Crippen LogP contribution in [0.4, 0.5) is 17.6 Å². The first-order valence-corrected chi connectivity index (χ1v) is 6.34. The van der Waals surface area contributed by atoms with Crippen molar-refractivity contribution in [2.24, 2.45) is 0 Å². The van der Waals surface area contributed by atoms with E-state index in [1.165, 1.54) is 0 Å². The number of halogens is 4. The number of nitrogens with zero attached hydrogens (tertiary/aromatic N) is 2. The lowest BCUT2D eigenvalue weighted by Crippen LogP contribution is -2.39. The fourth-order valence-corrected chi connectivity index (χ4v) is 1.96. The lowest BCUT2D eigenvalue weighted by Gasteiger charge is -2.30. The average Bonchev–Trinajstić information content (AvgIpc) is 2.34. The van der Waals surface area contributed by atoms with Gasteiger partial charge in [0.25, 0.3) is 11.9 Å². The van der Waals surface area contributed by atoms with Crippen molar-refractivity contribution in [1.29, 1.82) is 0 Å². The van der Waals surface area contributed by atoms with Crippen molar-refractivity contribution in [3.05, 3.63) is 23.5 Å². The van der Waals surface area contributed by atoms with E-state index in [-0.39, 0.29) is 18.7 Å². The Morgan fingerprint density at radius 1 is 0.950 bits per heavy atom. The van der Waals surface area contributed by atoms with Crippen LogP contribution in [0.15, 0.2) is 0 Å². The smallest absolute Gasteiger partial charge is 0.255 e. The lowest BCUT2D eigenvalue weighted by molar-refractivity contribution is 0.136. The van der Waals surface area contributed by atoms with Crippen LogP contribution in [-0.4, -0.2) is 35.1 Å². The Morgan fingerprint density at radius 3 is 1.80 bits per heavy atom. The highest BCUT2D eigenvalue weighted by molar-refractivity contribution is 5.24. The van der Waals surface area contributed by atoms with E-state index in [2.05, 4.69) is 4.98 Å². The maximum absolute atomic E-state index is 13.3. The molecule has 1 aromatic heterocycles. The molecule has 0 saturated carbocycles. The molecule has 1 aromatic rings. The molecule has 0 fully saturated rings. The Hall–Kier alpha value is -1.37. The third-order valence-corrected chi connectivity index (χ3v) is 2.88. The highest BCUT2D eigenvalue weighted by atomic mass is 19.2. The van der Waals surface area contributed by atoms with Gasteiger partial charge in [-0.05, 0) is 27.7 Å². The minimum absolute atomic E-state index is 0.0902. The van der Waals surface area contributed by atoms with Crippen LogP contribution in [0.25, 0.3) is 0 Å². The van der Waals surface area contributed by atoms with E-state index >= 15 is 0 Å². The Kier molecular flexibility index (Phi) is 5.74. The molecule has 0 bridgehead atoms. The van der Waals surface area contributed by atoms with Crippen molar-refractivity contribution in [3.63, 3.8) is 0 Å². The Balaban J connectivity index is 2.76. The number of pyridine rings is 1. The Bertz CT molecular complexity index is 432. The first-order valence-electron chi connectivity index (χ1n) is 6.34. The SMILES string of the molecule is CC(C)N(CCOc1c(F)c(F)nc(F)c1F)C(C)C. The lowest BCUT2D eigenvalue weighted by atomic mass is 10.2. The number of ether oxygens (including phenoxy) is 1. The molecule has 0 spiro atoms. The molecule has 20 heavy (non-hydrogen) atoms. The summed E-state index contributed by atoms with van der Waals surface area (Å²) < 4.78 is 57.2. The van der Waals surface area contributed by atoms with Crippen molar-refractivity contribution in [3.8, 4) is 5.75 Å². The summed E-state index contributed by atoms with van der Waals surface area (Å²) in [7, 11) is 0. The minimum Gasteiger partial charge on any atom is -0.486 e. The molecule has 0 aliphatic heterocycles. The highest BCUT2D eigenvalue weighted by Gasteiger charge is 2.22. The largest absolute Gasteiger partial charge is 0.486 e. The molecular weight excluding hydrogens is 276 g/mol. The molecule has 1 rings (SSSR count). The van der Waals surface area contributed by atoms with E-state index in [0.717, 1.165) is 0 Å². The van der Waals surface area contributed by atoms with Gasteiger partial charge in [0.1, 0.15) is 6.61 Å². The molecule has 3 nitrogen and oxygen atoms in total. The monoisotopic (exact) mass is 294 g/mol. The summed E-state index contributed by atoms with van der Waals surface area (Å²) in [5, 5.41) is 0. The zero-order chi connectivity index (χ0) is 15.4. The zero-order valence-electron chi connectivity index (χ0n) is 11.9. The van der Waals surface area contributed by atoms with Crippen LogP contribution in [0.2, 0.25) is 0 Å². The molecule has 0 radical (unpaired) electrons. The second-order valence-electron chi connectivity index (χ2n) is 4.92. The molecule has 0 unspecified atom stereocenters.